The van der Waals surface area contributed by atoms with E-state index < -0.39 is 5.91 Å². The average molecular weight is 396 g/mol. The van der Waals surface area contributed by atoms with Crippen LogP contribution >= 0.6 is 35.4 Å². The Labute approximate surface area is 160 Å². The van der Waals surface area contributed by atoms with E-state index in [1.165, 1.54) is 30.0 Å². The summed E-state index contributed by atoms with van der Waals surface area (Å²) in [4.78, 5) is 25.1. The van der Waals surface area contributed by atoms with Gasteiger partial charge in [0.2, 0.25) is 5.91 Å². The number of nitrogens with zero attached hydrogens (tertiary/aromatic N) is 1. The van der Waals surface area contributed by atoms with E-state index in [4.69, 9.17) is 35.4 Å². The van der Waals surface area contributed by atoms with Crippen molar-refractivity contribution in [2.45, 2.75) is 6.92 Å². The van der Waals surface area contributed by atoms with Crippen LogP contribution in [-0.4, -0.2) is 24.0 Å². The summed E-state index contributed by atoms with van der Waals surface area (Å²) in [5.41, 5.74) is 1.64. The van der Waals surface area contributed by atoms with Crippen molar-refractivity contribution in [2.24, 2.45) is 0 Å². The lowest BCUT2D eigenvalue weighted by Gasteiger charge is -2.16. The van der Waals surface area contributed by atoms with Gasteiger partial charge in [-0.25, -0.2) is 0 Å². The van der Waals surface area contributed by atoms with Gasteiger partial charge in [0.25, 0.3) is 5.91 Å². The second-order valence-corrected chi connectivity index (χ2v) is 6.48. The number of anilines is 2. The molecular weight excluding hydrogens is 381 g/mol. The Balaban J connectivity index is 2.06. The SMILES string of the molecule is CC(=O)N(C)c1cccc(NC(=S)NC(=O)c2cc(Cl)cc(Cl)c2)c1. The third-order valence-corrected chi connectivity index (χ3v) is 3.96. The molecule has 0 aromatic heterocycles. The molecule has 2 rings (SSSR count). The minimum Gasteiger partial charge on any atom is -0.332 e. The number of hydrogen-bond donors (Lipinski definition) is 2. The predicted molar refractivity (Wildman–Crippen MR) is 106 cm³/mol. The van der Waals surface area contributed by atoms with E-state index in [1.54, 1.807) is 31.3 Å². The molecule has 0 unspecified atom stereocenters. The molecule has 5 nitrogen and oxygen atoms in total. The summed E-state index contributed by atoms with van der Waals surface area (Å²) in [6, 6.07) is 11.6. The third kappa shape index (κ3) is 5.42. The molecule has 2 amide bonds. The minimum atomic E-state index is -0.432. The van der Waals surface area contributed by atoms with E-state index in [0.29, 0.717) is 27.0 Å². The summed E-state index contributed by atoms with van der Waals surface area (Å²) in [5, 5.41) is 6.29. The third-order valence-electron chi connectivity index (χ3n) is 3.32. The number of halogens is 2. The van der Waals surface area contributed by atoms with Gasteiger partial charge < -0.3 is 10.2 Å². The van der Waals surface area contributed by atoms with E-state index in [2.05, 4.69) is 10.6 Å². The van der Waals surface area contributed by atoms with Crippen LogP contribution in [0.3, 0.4) is 0 Å². The summed E-state index contributed by atoms with van der Waals surface area (Å²) >= 11 is 16.9. The maximum atomic E-state index is 12.2. The van der Waals surface area contributed by atoms with Crippen LogP contribution in [0.1, 0.15) is 17.3 Å². The fourth-order valence-electron chi connectivity index (χ4n) is 2.00. The van der Waals surface area contributed by atoms with Crippen LogP contribution in [-0.2, 0) is 4.79 Å². The Morgan fingerprint density at radius 3 is 2.32 bits per heavy atom. The number of carbonyl (C=O) groups is 2. The first-order valence-electron chi connectivity index (χ1n) is 7.19. The maximum Gasteiger partial charge on any atom is 0.257 e. The highest BCUT2D eigenvalue weighted by Gasteiger charge is 2.11. The molecule has 2 aromatic carbocycles. The molecule has 0 spiro atoms. The zero-order valence-corrected chi connectivity index (χ0v) is 15.8. The fraction of sp³-hybridized carbons (Fsp3) is 0.118. The topological polar surface area (TPSA) is 61.4 Å². The standard InChI is InChI=1S/C17H15Cl2N3O2S/c1-10(23)22(2)15-5-3-4-14(9-15)20-17(25)21-16(24)11-6-12(18)8-13(19)7-11/h3-9H,1-2H3,(H2,20,21,24,25). The van der Waals surface area contributed by atoms with Gasteiger partial charge in [-0.2, -0.15) is 0 Å². The molecule has 0 saturated heterocycles. The second kappa shape index (κ2) is 8.29. The lowest BCUT2D eigenvalue weighted by molar-refractivity contribution is -0.116. The monoisotopic (exact) mass is 395 g/mol. The molecular formula is C17H15Cl2N3O2S. The normalized spacial score (nSPS) is 10.1. The molecule has 0 heterocycles. The summed E-state index contributed by atoms with van der Waals surface area (Å²) in [6.45, 7) is 1.47. The van der Waals surface area contributed by atoms with Gasteiger partial charge in [-0.1, -0.05) is 29.3 Å². The number of nitrogens with one attached hydrogen (secondary N) is 2. The first-order valence-corrected chi connectivity index (χ1v) is 8.35. The van der Waals surface area contributed by atoms with Crippen LogP contribution in [0.25, 0.3) is 0 Å². The Hall–Kier alpha value is -2.15. The van der Waals surface area contributed by atoms with Crippen molar-refractivity contribution in [1.29, 1.82) is 0 Å². The lowest BCUT2D eigenvalue weighted by Crippen LogP contribution is -2.34. The zero-order valence-electron chi connectivity index (χ0n) is 13.5. The highest BCUT2D eigenvalue weighted by molar-refractivity contribution is 7.80. The van der Waals surface area contributed by atoms with Crippen LogP contribution in [0.4, 0.5) is 11.4 Å². The number of amides is 2. The van der Waals surface area contributed by atoms with Gasteiger partial charge in [0.15, 0.2) is 5.11 Å². The first-order chi connectivity index (χ1) is 11.8. The molecule has 0 aliphatic rings. The molecule has 0 saturated carbocycles. The maximum absolute atomic E-state index is 12.2. The Bertz CT molecular complexity index is 822. The molecule has 0 bridgehead atoms. The van der Waals surface area contributed by atoms with Gasteiger partial charge in [0, 0.05) is 41.0 Å². The summed E-state index contributed by atoms with van der Waals surface area (Å²) < 4.78 is 0. The molecule has 0 fully saturated rings. The van der Waals surface area contributed by atoms with Crippen LogP contribution < -0.4 is 15.5 Å². The highest BCUT2D eigenvalue weighted by atomic mass is 35.5. The Morgan fingerprint density at radius 1 is 1.08 bits per heavy atom. The van der Waals surface area contributed by atoms with E-state index in [9.17, 15) is 9.59 Å². The fourth-order valence-corrected chi connectivity index (χ4v) is 2.73. The highest BCUT2D eigenvalue weighted by Crippen LogP contribution is 2.20. The van der Waals surface area contributed by atoms with E-state index in [-0.39, 0.29) is 11.0 Å². The summed E-state index contributed by atoms with van der Waals surface area (Å²) in [7, 11) is 1.67. The predicted octanol–water partition coefficient (Wildman–Crippen LogP) is 4.10. The lowest BCUT2D eigenvalue weighted by atomic mass is 10.2. The molecule has 25 heavy (non-hydrogen) atoms. The molecule has 2 N–H and O–H groups in total. The van der Waals surface area contributed by atoms with Crippen molar-refractivity contribution in [3.63, 3.8) is 0 Å². The Kier molecular flexibility index (Phi) is 6.36. The number of rotatable bonds is 3. The van der Waals surface area contributed by atoms with Gasteiger partial charge in [-0.3, -0.25) is 14.9 Å². The van der Waals surface area contributed by atoms with Gasteiger partial charge in [-0.05, 0) is 48.6 Å². The number of thiocarbonyl (C=S) groups is 1. The molecule has 0 atom stereocenters. The van der Waals surface area contributed by atoms with E-state index >= 15 is 0 Å². The van der Waals surface area contributed by atoms with E-state index in [0.717, 1.165) is 0 Å². The largest absolute Gasteiger partial charge is 0.332 e. The van der Waals surface area contributed by atoms with Crippen LogP contribution in [0.15, 0.2) is 42.5 Å². The average Bonchev–Trinajstić information content (AvgIpc) is 2.53. The van der Waals surface area contributed by atoms with Crippen LogP contribution in [0.2, 0.25) is 10.0 Å². The van der Waals surface area contributed by atoms with Gasteiger partial charge in [0.05, 0.1) is 0 Å². The van der Waals surface area contributed by atoms with Gasteiger partial charge >= 0.3 is 0 Å². The van der Waals surface area contributed by atoms with Crippen LogP contribution in [0, 0.1) is 0 Å². The molecule has 2 aromatic rings. The Morgan fingerprint density at radius 2 is 1.72 bits per heavy atom. The minimum absolute atomic E-state index is 0.0918. The molecule has 0 aliphatic heterocycles. The van der Waals surface area contributed by atoms with Crippen molar-refractivity contribution in [3.05, 3.63) is 58.1 Å². The number of hydrogen-bond acceptors (Lipinski definition) is 3. The van der Waals surface area contributed by atoms with Crippen molar-refractivity contribution < 1.29 is 9.59 Å². The van der Waals surface area contributed by atoms with Crippen molar-refractivity contribution in [1.82, 2.24) is 5.32 Å². The molecule has 130 valence electrons. The van der Waals surface area contributed by atoms with Crippen molar-refractivity contribution >= 4 is 63.7 Å². The second-order valence-electron chi connectivity index (χ2n) is 5.19. The molecule has 0 radical (unpaired) electrons. The van der Waals surface area contributed by atoms with Crippen molar-refractivity contribution in [3.8, 4) is 0 Å². The first kappa shape index (κ1) is 19.2. The number of carbonyl (C=O) groups excluding carboxylic acids is 2. The van der Waals surface area contributed by atoms with Gasteiger partial charge in [0.1, 0.15) is 0 Å². The zero-order chi connectivity index (χ0) is 18.6. The quantitative estimate of drug-likeness (QED) is 0.767. The van der Waals surface area contributed by atoms with E-state index in [1.807, 2.05) is 0 Å². The smallest absolute Gasteiger partial charge is 0.257 e. The van der Waals surface area contributed by atoms with Crippen LogP contribution in [0.5, 0.6) is 0 Å². The number of benzene rings is 2. The molecule has 0 aliphatic carbocycles. The molecule has 8 heteroatoms. The van der Waals surface area contributed by atoms with Gasteiger partial charge in [-0.15, -0.1) is 0 Å². The summed E-state index contributed by atoms with van der Waals surface area (Å²) in [5.74, 6) is -0.523. The van der Waals surface area contributed by atoms with Crippen molar-refractivity contribution in [2.75, 3.05) is 17.3 Å². The summed E-state index contributed by atoms with van der Waals surface area (Å²) in [6.07, 6.45) is 0.